The second kappa shape index (κ2) is 10.6. The molecule has 3 rings (SSSR count). The first-order chi connectivity index (χ1) is 15.6. The van der Waals surface area contributed by atoms with Gasteiger partial charge in [0.25, 0.3) is 5.91 Å². The summed E-state index contributed by atoms with van der Waals surface area (Å²) in [6.45, 7) is 7.67. The van der Waals surface area contributed by atoms with Gasteiger partial charge >= 0.3 is 0 Å². The van der Waals surface area contributed by atoms with Gasteiger partial charge in [0.05, 0.1) is 11.6 Å². The van der Waals surface area contributed by atoms with E-state index < -0.39 is 11.0 Å². The first-order valence-electron chi connectivity index (χ1n) is 11.2. The van der Waals surface area contributed by atoms with Gasteiger partial charge in [0.15, 0.2) is 0 Å². The predicted molar refractivity (Wildman–Crippen MR) is 133 cm³/mol. The van der Waals surface area contributed by atoms with Crippen LogP contribution in [0.1, 0.15) is 48.7 Å². The topological polar surface area (TPSA) is 69.6 Å². The molecule has 0 bridgehead atoms. The standard InChI is InChI=1S/C26H32Cl2N2O3/c1-18(16-31)23(29-24(32)20-6-4-5-19(13-20)14-27)15-30-12-11-26(33,25(2,3)17-30)21-7-9-22(28)10-8-21/h4-10,13,16,18,23,33H,11-12,14-15,17H2,1-3H3,(H,29,32)/t18-,23?,26-/m0/s1. The molecule has 0 aromatic heterocycles. The molecule has 1 unspecified atom stereocenters. The molecule has 178 valence electrons. The molecular weight excluding hydrogens is 459 g/mol. The van der Waals surface area contributed by atoms with Crippen LogP contribution >= 0.6 is 23.2 Å². The number of carbonyl (C=O) groups excluding carboxylic acids is 2. The first-order valence-corrected chi connectivity index (χ1v) is 12.1. The van der Waals surface area contributed by atoms with Crippen molar-refractivity contribution in [3.63, 3.8) is 0 Å². The van der Waals surface area contributed by atoms with Gasteiger partial charge in [-0.05, 0) is 41.8 Å². The number of aliphatic hydroxyl groups is 1. The number of benzene rings is 2. The summed E-state index contributed by atoms with van der Waals surface area (Å²) in [5, 5.41) is 15.3. The van der Waals surface area contributed by atoms with E-state index in [4.69, 9.17) is 23.2 Å². The molecule has 5 nitrogen and oxygen atoms in total. The van der Waals surface area contributed by atoms with Crippen molar-refractivity contribution in [3.8, 4) is 0 Å². The van der Waals surface area contributed by atoms with Crippen LogP contribution in [0.2, 0.25) is 5.02 Å². The quantitative estimate of drug-likeness (QED) is 0.417. The van der Waals surface area contributed by atoms with Crippen molar-refractivity contribution in [2.24, 2.45) is 11.3 Å². The molecule has 1 aliphatic heterocycles. The average molecular weight is 491 g/mol. The number of hydrogen-bond acceptors (Lipinski definition) is 4. The number of likely N-dealkylation sites (tertiary alicyclic amines) is 1. The second-order valence-electron chi connectivity index (χ2n) is 9.65. The SMILES string of the molecule is C[C@@H](C=O)C(CN1CC[C@](O)(c2ccc(Cl)cc2)C(C)(C)C1)NC(=O)c1cccc(CCl)c1. The zero-order chi connectivity index (χ0) is 24.2. The maximum Gasteiger partial charge on any atom is 0.251 e. The van der Waals surface area contributed by atoms with Crippen LogP contribution in [0.15, 0.2) is 48.5 Å². The molecule has 1 heterocycles. The molecule has 7 heteroatoms. The molecule has 2 aromatic rings. The Morgan fingerprint density at radius 2 is 1.94 bits per heavy atom. The number of nitrogens with one attached hydrogen (secondary N) is 1. The minimum absolute atomic E-state index is 0.227. The van der Waals surface area contributed by atoms with Crippen LogP contribution in [0.3, 0.4) is 0 Å². The van der Waals surface area contributed by atoms with Gasteiger partial charge in [-0.1, -0.05) is 56.6 Å². The van der Waals surface area contributed by atoms with E-state index >= 15 is 0 Å². The third-order valence-electron chi connectivity index (χ3n) is 6.81. The van der Waals surface area contributed by atoms with Crippen LogP contribution in [0.4, 0.5) is 0 Å². The first kappa shape index (κ1) is 25.7. The number of rotatable bonds is 8. The summed E-state index contributed by atoms with van der Waals surface area (Å²) in [7, 11) is 0. The van der Waals surface area contributed by atoms with Gasteiger partial charge < -0.3 is 20.1 Å². The van der Waals surface area contributed by atoms with E-state index in [2.05, 4.69) is 10.2 Å². The minimum Gasteiger partial charge on any atom is -0.385 e. The van der Waals surface area contributed by atoms with E-state index in [0.717, 1.165) is 17.4 Å². The lowest BCUT2D eigenvalue weighted by atomic mass is 9.66. The Kier molecular flexibility index (Phi) is 8.22. The maximum atomic E-state index is 12.9. The number of carbonyl (C=O) groups is 2. The van der Waals surface area contributed by atoms with Crippen LogP contribution < -0.4 is 5.32 Å². The van der Waals surface area contributed by atoms with E-state index in [1.54, 1.807) is 30.3 Å². The monoisotopic (exact) mass is 490 g/mol. The fourth-order valence-electron chi connectivity index (χ4n) is 4.61. The number of alkyl halides is 1. The lowest BCUT2D eigenvalue weighted by molar-refractivity contribution is -0.127. The summed E-state index contributed by atoms with van der Waals surface area (Å²) in [5.41, 5.74) is 0.787. The number of aldehydes is 1. The zero-order valence-corrected chi connectivity index (χ0v) is 20.9. The highest BCUT2D eigenvalue weighted by atomic mass is 35.5. The van der Waals surface area contributed by atoms with E-state index in [1.165, 1.54) is 0 Å². The van der Waals surface area contributed by atoms with Crippen molar-refractivity contribution in [2.75, 3.05) is 19.6 Å². The van der Waals surface area contributed by atoms with Gasteiger partial charge in [-0.25, -0.2) is 0 Å². The maximum absolute atomic E-state index is 12.9. The Balaban J connectivity index is 1.73. The van der Waals surface area contributed by atoms with Gasteiger partial charge in [-0.15, -0.1) is 11.6 Å². The smallest absolute Gasteiger partial charge is 0.251 e. The van der Waals surface area contributed by atoms with E-state index in [9.17, 15) is 14.7 Å². The van der Waals surface area contributed by atoms with Crippen LogP contribution in [-0.2, 0) is 16.3 Å². The van der Waals surface area contributed by atoms with Crippen molar-refractivity contribution >= 4 is 35.4 Å². The Morgan fingerprint density at radius 1 is 1.24 bits per heavy atom. The van der Waals surface area contributed by atoms with Crippen molar-refractivity contribution < 1.29 is 14.7 Å². The number of nitrogens with zero attached hydrogens (tertiary/aromatic N) is 1. The Labute approximate surface area is 206 Å². The summed E-state index contributed by atoms with van der Waals surface area (Å²) >= 11 is 11.9. The molecule has 3 atom stereocenters. The Morgan fingerprint density at radius 3 is 2.55 bits per heavy atom. The molecule has 1 fully saturated rings. The molecule has 1 amide bonds. The number of piperidine rings is 1. The lowest BCUT2D eigenvalue weighted by Crippen LogP contribution is -2.58. The van der Waals surface area contributed by atoms with Gasteiger partial charge in [0.1, 0.15) is 6.29 Å². The van der Waals surface area contributed by atoms with Gasteiger partial charge in [0.2, 0.25) is 0 Å². The van der Waals surface area contributed by atoms with E-state index in [0.29, 0.717) is 42.5 Å². The Bertz CT molecular complexity index is 980. The van der Waals surface area contributed by atoms with E-state index in [1.807, 2.05) is 39.0 Å². The van der Waals surface area contributed by atoms with Gasteiger partial charge in [-0.2, -0.15) is 0 Å². The highest BCUT2D eigenvalue weighted by Gasteiger charge is 2.49. The third-order valence-corrected chi connectivity index (χ3v) is 7.37. The molecule has 1 aliphatic rings. The minimum atomic E-state index is -0.995. The molecule has 0 saturated carbocycles. The summed E-state index contributed by atoms with van der Waals surface area (Å²) in [6, 6.07) is 14.2. The van der Waals surface area contributed by atoms with Crippen molar-refractivity contribution in [2.45, 2.75) is 44.7 Å². The van der Waals surface area contributed by atoms with Crippen molar-refractivity contribution in [1.82, 2.24) is 10.2 Å². The van der Waals surface area contributed by atoms with E-state index in [-0.39, 0.29) is 17.9 Å². The highest BCUT2D eigenvalue weighted by Crippen LogP contribution is 2.46. The molecule has 2 N–H and O–H groups in total. The summed E-state index contributed by atoms with van der Waals surface area (Å²) in [6.07, 6.45) is 1.41. The summed E-state index contributed by atoms with van der Waals surface area (Å²) in [4.78, 5) is 26.7. The van der Waals surface area contributed by atoms with Crippen LogP contribution in [0.25, 0.3) is 0 Å². The molecule has 0 radical (unpaired) electrons. The third kappa shape index (κ3) is 5.78. The Hall–Kier alpha value is -1.92. The van der Waals surface area contributed by atoms with Crippen LogP contribution in [0, 0.1) is 11.3 Å². The summed E-state index contributed by atoms with van der Waals surface area (Å²) < 4.78 is 0. The number of halogens is 2. The average Bonchev–Trinajstić information content (AvgIpc) is 2.80. The lowest BCUT2D eigenvalue weighted by Gasteiger charge is -2.51. The summed E-state index contributed by atoms with van der Waals surface area (Å²) in [5.74, 6) is -0.255. The molecule has 0 spiro atoms. The van der Waals surface area contributed by atoms with Crippen molar-refractivity contribution in [1.29, 1.82) is 0 Å². The fourth-order valence-corrected chi connectivity index (χ4v) is 4.90. The van der Waals surface area contributed by atoms with Crippen LogP contribution in [-0.4, -0.2) is 47.9 Å². The zero-order valence-electron chi connectivity index (χ0n) is 19.4. The fraction of sp³-hybridized carbons (Fsp3) is 0.462. The molecule has 2 aromatic carbocycles. The molecule has 1 saturated heterocycles. The molecule has 33 heavy (non-hydrogen) atoms. The molecular formula is C26H32Cl2N2O3. The van der Waals surface area contributed by atoms with Gasteiger partial charge in [-0.3, -0.25) is 4.79 Å². The predicted octanol–water partition coefficient (Wildman–Crippen LogP) is 4.63. The number of amides is 1. The number of hydrogen-bond donors (Lipinski definition) is 2. The molecule has 0 aliphatic carbocycles. The second-order valence-corrected chi connectivity index (χ2v) is 10.3. The normalized spacial score (nSPS) is 22.4. The van der Waals surface area contributed by atoms with Gasteiger partial charge in [0, 0.05) is 47.4 Å². The van der Waals surface area contributed by atoms with Crippen molar-refractivity contribution in [3.05, 3.63) is 70.2 Å². The largest absolute Gasteiger partial charge is 0.385 e. The highest BCUT2D eigenvalue weighted by molar-refractivity contribution is 6.30. The van der Waals surface area contributed by atoms with Crippen LogP contribution in [0.5, 0.6) is 0 Å².